The number of nitrogens with one attached hydrogen (secondary N) is 1. The van der Waals surface area contributed by atoms with Crippen molar-refractivity contribution in [2.75, 3.05) is 24.5 Å². The lowest BCUT2D eigenvalue weighted by Crippen LogP contribution is -2.40. The Hall–Kier alpha value is -1.88. The summed E-state index contributed by atoms with van der Waals surface area (Å²) in [5, 5.41) is 12.0. The van der Waals surface area contributed by atoms with Crippen LogP contribution in [0.3, 0.4) is 0 Å². The SMILES string of the molecule is CCNCC(C)C(=O)N(CCC(=O)O)c1ccccc1. The van der Waals surface area contributed by atoms with Gasteiger partial charge in [-0.05, 0) is 18.7 Å². The van der Waals surface area contributed by atoms with Gasteiger partial charge in [-0.15, -0.1) is 0 Å². The molecule has 20 heavy (non-hydrogen) atoms. The van der Waals surface area contributed by atoms with Crippen LogP contribution in [0.15, 0.2) is 30.3 Å². The molecule has 0 saturated heterocycles. The second-order valence-electron chi connectivity index (χ2n) is 4.68. The monoisotopic (exact) mass is 278 g/mol. The quantitative estimate of drug-likeness (QED) is 0.760. The summed E-state index contributed by atoms with van der Waals surface area (Å²) in [5.74, 6) is -1.15. The van der Waals surface area contributed by atoms with Crippen molar-refractivity contribution in [2.24, 2.45) is 5.92 Å². The molecule has 1 aromatic carbocycles. The summed E-state index contributed by atoms with van der Waals surface area (Å²) in [6, 6.07) is 9.18. The molecule has 1 atom stereocenters. The van der Waals surface area contributed by atoms with Crippen molar-refractivity contribution >= 4 is 17.6 Å². The van der Waals surface area contributed by atoms with E-state index in [9.17, 15) is 9.59 Å². The Morgan fingerprint density at radius 3 is 2.50 bits per heavy atom. The predicted octanol–water partition coefficient (Wildman–Crippen LogP) is 1.74. The first-order chi connectivity index (χ1) is 9.56. The summed E-state index contributed by atoms with van der Waals surface area (Å²) in [6.45, 7) is 5.41. The molecular weight excluding hydrogens is 256 g/mol. The Morgan fingerprint density at radius 2 is 1.95 bits per heavy atom. The topological polar surface area (TPSA) is 69.6 Å². The lowest BCUT2D eigenvalue weighted by Gasteiger charge is -2.25. The first-order valence-corrected chi connectivity index (χ1v) is 6.85. The summed E-state index contributed by atoms with van der Waals surface area (Å²) in [7, 11) is 0. The van der Waals surface area contributed by atoms with Crippen LogP contribution in [-0.4, -0.2) is 36.6 Å². The molecule has 0 saturated carbocycles. The maximum atomic E-state index is 12.5. The van der Waals surface area contributed by atoms with Crippen LogP contribution < -0.4 is 10.2 Å². The highest BCUT2D eigenvalue weighted by Gasteiger charge is 2.22. The molecule has 0 bridgehead atoms. The Morgan fingerprint density at radius 1 is 1.30 bits per heavy atom. The van der Waals surface area contributed by atoms with E-state index in [1.165, 1.54) is 0 Å². The largest absolute Gasteiger partial charge is 0.481 e. The van der Waals surface area contributed by atoms with Gasteiger partial charge in [0.2, 0.25) is 5.91 Å². The first kappa shape index (κ1) is 16.2. The van der Waals surface area contributed by atoms with Crippen LogP contribution in [0.2, 0.25) is 0 Å². The molecule has 0 fully saturated rings. The lowest BCUT2D eigenvalue weighted by molar-refractivity contribution is -0.136. The van der Waals surface area contributed by atoms with E-state index in [0.29, 0.717) is 6.54 Å². The average molecular weight is 278 g/mol. The minimum Gasteiger partial charge on any atom is -0.481 e. The van der Waals surface area contributed by atoms with E-state index in [2.05, 4.69) is 5.32 Å². The van der Waals surface area contributed by atoms with Crippen molar-refractivity contribution < 1.29 is 14.7 Å². The number of carboxylic acids is 1. The van der Waals surface area contributed by atoms with Crippen molar-refractivity contribution in [3.05, 3.63) is 30.3 Å². The highest BCUT2D eigenvalue weighted by Crippen LogP contribution is 2.16. The van der Waals surface area contributed by atoms with Crippen LogP contribution in [0.4, 0.5) is 5.69 Å². The normalized spacial score (nSPS) is 11.9. The molecule has 0 radical (unpaired) electrons. The molecule has 0 aromatic heterocycles. The molecule has 0 aliphatic heterocycles. The lowest BCUT2D eigenvalue weighted by atomic mass is 10.1. The molecule has 0 aliphatic rings. The van der Waals surface area contributed by atoms with Gasteiger partial charge in [-0.3, -0.25) is 9.59 Å². The molecule has 5 nitrogen and oxygen atoms in total. The fourth-order valence-corrected chi connectivity index (χ4v) is 1.90. The van der Waals surface area contributed by atoms with E-state index in [4.69, 9.17) is 5.11 Å². The summed E-state index contributed by atoms with van der Waals surface area (Å²) in [4.78, 5) is 24.8. The fourth-order valence-electron chi connectivity index (χ4n) is 1.90. The summed E-state index contributed by atoms with van der Waals surface area (Å²) < 4.78 is 0. The number of hydrogen-bond acceptors (Lipinski definition) is 3. The van der Waals surface area contributed by atoms with Gasteiger partial charge < -0.3 is 15.3 Å². The van der Waals surface area contributed by atoms with Crippen molar-refractivity contribution in [1.29, 1.82) is 0 Å². The van der Waals surface area contributed by atoms with E-state index in [1.54, 1.807) is 4.90 Å². The second kappa shape index (κ2) is 8.32. The number of rotatable bonds is 8. The summed E-state index contributed by atoms with van der Waals surface area (Å²) in [6.07, 6.45) is -0.0610. The third-order valence-corrected chi connectivity index (χ3v) is 3.01. The van der Waals surface area contributed by atoms with Gasteiger partial charge in [0.1, 0.15) is 0 Å². The second-order valence-corrected chi connectivity index (χ2v) is 4.68. The highest BCUT2D eigenvalue weighted by molar-refractivity contribution is 5.95. The molecule has 1 amide bonds. The van der Waals surface area contributed by atoms with Crippen molar-refractivity contribution in [3.63, 3.8) is 0 Å². The Bertz CT molecular complexity index is 434. The highest BCUT2D eigenvalue weighted by atomic mass is 16.4. The van der Waals surface area contributed by atoms with Crippen LogP contribution in [-0.2, 0) is 9.59 Å². The van der Waals surface area contributed by atoms with E-state index < -0.39 is 5.97 Å². The van der Waals surface area contributed by atoms with Crippen molar-refractivity contribution in [1.82, 2.24) is 5.32 Å². The zero-order valence-corrected chi connectivity index (χ0v) is 12.0. The zero-order chi connectivity index (χ0) is 15.0. The number of carbonyl (C=O) groups is 2. The van der Waals surface area contributed by atoms with Gasteiger partial charge in [0.15, 0.2) is 0 Å². The van der Waals surface area contributed by atoms with E-state index in [0.717, 1.165) is 12.2 Å². The van der Waals surface area contributed by atoms with Crippen LogP contribution in [0.5, 0.6) is 0 Å². The summed E-state index contributed by atoms with van der Waals surface area (Å²) >= 11 is 0. The number of nitrogens with zero attached hydrogens (tertiary/aromatic N) is 1. The number of carbonyl (C=O) groups excluding carboxylic acids is 1. The number of para-hydroxylation sites is 1. The van der Waals surface area contributed by atoms with Gasteiger partial charge >= 0.3 is 5.97 Å². The number of benzene rings is 1. The number of aliphatic carboxylic acids is 1. The average Bonchev–Trinajstić information content (AvgIpc) is 2.45. The molecule has 1 unspecified atom stereocenters. The molecule has 0 aliphatic carbocycles. The molecule has 0 heterocycles. The maximum absolute atomic E-state index is 12.5. The maximum Gasteiger partial charge on any atom is 0.305 e. The first-order valence-electron chi connectivity index (χ1n) is 6.85. The van der Waals surface area contributed by atoms with Gasteiger partial charge in [0, 0.05) is 24.7 Å². The van der Waals surface area contributed by atoms with Gasteiger partial charge in [-0.1, -0.05) is 32.0 Å². The fraction of sp³-hybridized carbons (Fsp3) is 0.467. The van der Waals surface area contributed by atoms with Gasteiger partial charge in [-0.25, -0.2) is 0 Å². The van der Waals surface area contributed by atoms with E-state index in [-0.39, 0.29) is 24.8 Å². The molecule has 1 rings (SSSR count). The third kappa shape index (κ3) is 5.01. The number of hydrogen-bond donors (Lipinski definition) is 2. The van der Waals surface area contributed by atoms with Crippen LogP contribution in [0, 0.1) is 5.92 Å². The zero-order valence-electron chi connectivity index (χ0n) is 12.0. The van der Waals surface area contributed by atoms with Crippen molar-refractivity contribution in [3.8, 4) is 0 Å². The van der Waals surface area contributed by atoms with E-state index >= 15 is 0 Å². The number of carboxylic acid groups (broad SMARTS) is 1. The summed E-state index contributed by atoms with van der Waals surface area (Å²) in [5.41, 5.74) is 0.738. The smallest absolute Gasteiger partial charge is 0.305 e. The van der Waals surface area contributed by atoms with Crippen molar-refractivity contribution in [2.45, 2.75) is 20.3 Å². The van der Waals surface area contributed by atoms with E-state index in [1.807, 2.05) is 44.2 Å². The van der Waals surface area contributed by atoms with Gasteiger partial charge in [0.05, 0.1) is 6.42 Å². The number of anilines is 1. The molecule has 1 aromatic rings. The Balaban J connectivity index is 2.81. The van der Waals surface area contributed by atoms with Crippen LogP contribution >= 0.6 is 0 Å². The van der Waals surface area contributed by atoms with Crippen LogP contribution in [0.25, 0.3) is 0 Å². The Labute approximate surface area is 119 Å². The van der Waals surface area contributed by atoms with Gasteiger partial charge in [0.25, 0.3) is 0 Å². The minimum absolute atomic E-state index is 0.0570. The standard InChI is InChI=1S/C15H22N2O3/c1-3-16-11-12(2)15(20)17(10-9-14(18)19)13-7-5-4-6-8-13/h4-8,12,16H,3,9-11H2,1-2H3,(H,18,19). The minimum atomic E-state index is -0.905. The van der Waals surface area contributed by atoms with Crippen LogP contribution in [0.1, 0.15) is 20.3 Å². The van der Waals surface area contributed by atoms with Gasteiger partial charge in [-0.2, -0.15) is 0 Å². The molecule has 110 valence electrons. The third-order valence-electron chi connectivity index (χ3n) is 3.01. The molecule has 5 heteroatoms. The Kier molecular flexibility index (Phi) is 6.73. The molecule has 2 N–H and O–H groups in total. The number of amides is 1. The molecule has 0 spiro atoms. The molecular formula is C15H22N2O3. The predicted molar refractivity (Wildman–Crippen MR) is 78.8 cm³/mol.